The minimum Gasteiger partial charge on any atom is -0.480 e. The number of hydrogen-bond acceptors (Lipinski definition) is 4. The highest BCUT2D eigenvalue weighted by Crippen LogP contribution is 2.17. The molecule has 1 saturated heterocycles. The number of aliphatic carboxylic acids is 1. The second-order valence-corrected chi connectivity index (χ2v) is 3.83. The van der Waals surface area contributed by atoms with Crippen LogP contribution in [-0.4, -0.2) is 39.8 Å². The van der Waals surface area contributed by atoms with Gasteiger partial charge in [0.2, 0.25) is 0 Å². The van der Waals surface area contributed by atoms with Crippen LogP contribution >= 0.6 is 0 Å². The third-order valence-corrected chi connectivity index (χ3v) is 2.70. The number of carboxylic acids is 1. The molecule has 17 heavy (non-hydrogen) atoms. The van der Waals surface area contributed by atoms with Crippen molar-refractivity contribution in [3.8, 4) is 0 Å². The van der Waals surface area contributed by atoms with Gasteiger partial charge >= 0.3 is 12.0 Å². The van der Waals surface area contributed by atoms with Crippen molar-refractivity contribution in [3.05, 3.63) is 18.0 Å². The molecule has 1 aromatic rings. The third-order valence-electron chi connectivity index (χ3n) is 2.70. The molecular formula is C10H13N3O4. The molecule has 1 aromatic heterocycles. The fourth-order valence-corrected chi connectivity index (χ4v) is 1.86. The maximum atomic E-state index is 11.7. The Balaban J connectivity index is 1.89. The van der Waals surface area contributed by atoms with Crippen LogP contribution in [0.3, 0.4) is 0 Å². The van der Waals surface area contributed by atoms with Gasteiger partial charge in [-0.05, 0) is 12.8 Å². The first-order valence-electron chi connectivity index (χ1n) is 5.35. The average molecular weight is 239 g/mol. The summed E-state index contributed by atoms with van der Waals surface area (Å²) in [6, 6.07) is 0.537. The van der Waals surface area contributed by atoms with Crippen LogP contribution < -0.4 is 5.32 Å². The first-order chi connectivity index (χ1) is 8.18. The van der Waals surface area contributed by atoms with Crippen LogP contribution in [0.1, 0.15) is 18.6 Å². The Morgan fingerprint density at radius 3 is 3.12 bits per heavy atom. The summed E-state index contributed by atoms with van der Waals surface area (Å²) in [5.74, 6) is -0.429. The lowest BCUT2D eigenvalue weighted by atomic mass is 10.2. The molecule has 2 heterocycles. The van der Waals surface area contributed by atoms with E-state index < -0.39 is 12.0 Å². The van der Waals surface area contributed by atoms with Crippen LogP contribution in [0.25, 0.3) is 0 Å². The Hall–Kier alpha value is -2.05. The van der Waals surface area contributed by atoms with Crippen molar-refractivity contribution in [2.45, 2.75) is 25.4 Å². The molecule has 2 N–H and O–H groups in total. The number of carbonyl (C=O) groups excluding carboxylic acids is 1. The predicted octanol–water partition coefficient (Wildman–Crippen LogP) is 0.433. The normalized spacial score (nSPS) is 19.3. The summed E-state index contributed by atoms with van der Waals surface area (Å²) < 4.78 is 4.82. The zero-order valence-electron chi connectivity index (χ0n) is 9.13. The number of likely N-dealkylation sites (tertiary alicyclic amines) is 1. The Kier molecular flexibility index (Phi) is 3.27. The Labute approximate surface area is 97.4 Å². The lowest BCUT2D eigenvalue weighted by Gasteiger charge is -2.21. The lowest BCUT2D eigenvalue weighted by Crippen LogP contribution is -2.45. The summed E-state index contributed by atoms with van der Waals surface area (Å²) >= 11 is 0. The van der Waals surface area contributed by atoms with Crippen molar-refractivity contribution < 1.29 is 19.2 Å². The SMILES string of the molecule is O=C(O)C1CCCN1C(=O)NCc1ccno1. The van der Waals surface area contributed by atoms with Crippen LogP contribution in [0.4, 0.5) is 4.79 Å². The molecule has 1 fully saturated rings. The minimum atomic E-state index is -0.961. The van der Waals surface area contributed by atoms with Gasteiger partial charge in [0, 0.05) is 12.6 Å². The van der Waals surface area contributed by atoms with Crippen molar-refractivity contribution in [1.82, 2.24) is 15.4 Å². The van der Waals surface area contributed by atoms with E-state index in [9.17, 15) is 9.59 Å². The molecule has 1 unspecified atom stereocenters. The Morgan fingerprint density at radius 2 is 2.47 bits per heavy atom. The van der Waals surface area contributed by atoms with Crippen molar-refractivity contribution >= 4 is 12.0 Å². The van der Waals surface area contributed by atoms with Gasteiger partial charge in [0.05, 0.1) is 12.7 Å². The van der Waals surface area contributed by atoms with E-state index >= 15 is 0 Å². The van der Waals surface area contributed by atoms with Crippen molar-refractivity contribution in [2.24, 2.45) is 0 Å². The maximum absolute atomic E-state index is 11.7. The summed E-state index contributed by atoms with van der Waals surface area (Å²) in [6.07, 6.45) is 2.70. The van der Waals surface area contributed by atoms with Crippen LogP contribution in [0.2, 0.25) is 0 Å². The van der Waals surface area contributed by atoms with Gasteiger partial charge in [-0.1, -0.05) is 5.16 Å². The molecule has 7 nitrogen and oxygen atoms in total. The van der Waals surface area contributed by atoms with E-state index in [-0.39, 0.29) is 12.6 Å². The molecule has 0 aromatic carbocycles. The van der Waals surface area contributed by atoms with Gasteiger partial charge in [-0.2, -0.15) is 0 Å². The minimum absolute atomic E-state index is 0.210. The topological polar surface area (TPSA) is 95.7 Å². The van der Waals surface area contributed by atoms with Crippen LogP contribution in [0.15, 0.2) is 16.8 Å². The predicted molar refractivity (Wildman–Crippen MR) is 56.1 cm³/mol. The first-order valence-corrected chi connectivity index (χ1v) is 5.35. The van der Waals surface area contributed by atoms with E-state index in [0.29, 0.717) is 25.1 Å². The third kappa shape index (κ3) is 2.55. The molecule has 0 radical (unpaired) electrons. The quantitative estimate of drug-likeness (QED) is 0.797. The number of carbonyl (C=O) groups is 2. The Bertz CT molecular complexity index is 404. The molecule has 2 rings (SSSR count). The van der Waals surface area contributed by atoms with Gasteiger partial charge in [-0.3, -0.25) is 0 Å². The Morgan fingerprint density at radius 1 is 1.65 bits per heavy atom. The van der Waals surface area contributed by atoms with Gasteiger partial charge in [0.25, 0.3) is 0 Å². The van der Waals surface area contributed by atoms with Crippen LogP contribution in [0.5, 0.6) is 0 Å². The zero-order chi connectivity index (χ0) is 12.3. The second-order valence-electron chi connectivity index (χ2n) is 3.83. The van der Waals surface area contributed by atoms with Gasteiger partial charge < -0.3 is 19.8 Å². The van der Waals surface area contributed by atoms with Crippen molar-refractivity contribution in [2.75, 3.05) is 6.54 Å². The number of hydrogen-bond donors (Lipinski definition) is 2. The molecule has 7 heteroatoms. The fraction of sp³-hybridized carbons (Fsp3) is 0.500. The van der Waals surface area contributed by atoms with Gasteiger partial charge in [-0.25, -0.2) is 9.59 Å². The molecule has 2 amide bonds. The van der Waals surface area contributed by atoms with Gasteiger partial charge in [0.1, 0.15) is 6.04 Å². The van der Waals surface area contributed by atoms with E-state index in [1.807, 2.05) is 0 Å². The van der Waals surface area contributed by atoms with E-state index in [1.54, 1.807) is 6.07 Å². The van der Waals surface area contributed by atoms with Crippen molar-refractivity contribution in [1.29, 1.82) is 0 Å². The number of amides is 2. The smallest absolute Gasteiger partial charge is 0.326 e. The van der Waals surface area contributed by atoms with Crippen LogP contribution in [0, 0.1) is 0 Å². The highest BCUT2D eigenvalue weighted by Gasteiger charge is 2.33. The molecule has 1 aliphatic heterocycles. The zero-order valence-corrected chi connectivity index (χ0v) is 9.13. The molecule has 0 aliphatic carbocycles. The summed E-state index contributed by atoms with van der Waals surface area (Å²) in [5, 5.41) is 15.0. The van der Waals surface area contributed by atoms with E-state index in [4.69, 9.17) is 9.63 Å². The standard InChI is InChI=1S/C10H13N3O4/c14-9(15)8-2-1-5-13(8)10(16)11-6-7-3-4-12-17-7/h3-4,8H,1-2,5-6H2,(H,11,16)(H,14,15). The van der Waals surface area contributed by atoms with Crippen LogP contribution in [-0.2, 0) is 11.3 Å². The molecule has 92 valence electrons. The first kappa shape index (κ1) is 11.4. The number of nitrogens with zero attached hydrogens (tertiary/aromatic N) is 2. The lowest BCUT2D eigenvalue weighted by molar-refractivity contribution is -0.141. The number of carboxylic acid groups (broad SMARTS) is 1. The van der Waals surface area contributed by atoms with Gasteiger partial charge in [-0.15, -0.1) is 0 Å². The van der Waals surface area contributed by atoms with Gasteiger partial charge in [0.15, 0.2) is 5.76 Å². The van der Waals surface area contributed by atoms with E-state index in [1.165, 1.54) is 11.1 Å². The highest BCUT2D eigenvalue weighted by molar-refractivity contribution is 5.83. The molecule has 1 atom stereocenters. The summed E-state index contributed by atoms with van der Waals surface area (Å²) in [6.45, 7) is 0.681. The average Bonchev–Trinajstić information content (AvgIpc) is 2.96. The number of aromatic nitrogens is 1. The molecule has 0 bridgehead atoms. The molecule has 0 spiro atoms. The van der Waals surface area contributed by atoms with E-state index in [2.05, 4.69) is 10.5 Å². The summed E-state index contributed by atoms with van der Waals surface area (Å²) in [4.78, 5) is 24.0. The highest BCUT2D eigenvalue weighted by atomic mass is 16.5. The number of rotatable bonds is 3. The summed E-state index contributed by atoms with van der Waals surface area (Å²) in [7, 11) is 0. The van der Waals surface area contributed by atoms with E-state index in [0.717, 1.165) is 0 Å². The molecule has 1 aliphatic rings. The summed E-state index contributed by atoms with van der Waals surface area (Å²) in [5.41, 5.74) is 0. The second kappa shape index (κ2) is 4.86. The molecular weight excluding hydrogens is 226 g/mol. The van der Waals surface area contributed by atoms with Crippen molar-refractivity contribution in [3.63, 3.8) is 0 Å². The largest absolute Gasteiger partial charge is 0.480 e. The monoisotopic (exact) mass is 239 g/mol. The number of nitrogens with one attached hydrogen (secondary N) is 1. The molecule has 0 saturated carbocycles. The fourth-order valence-electron chi connectivity index (χ4n) is 1.86. The number of urea groups is 1. The maximum Gasteiger partial charge on any atom is 0.326 e.